The van der Waals surface area contributed by atoms with Crippen molar-refractivity contribution in [2.75, 3.05) is 52.6 Å². The van der Waals surface area contributed by atoms with Crippen LogP contribution in [0.3, 0.4) is 0 Å². The van der Waals surface area contributed by atoms with E-state index in [1.807, 2.05) is 4.68 Å². The molecule has 32 heavy (non-hydrogen) atoms. The third kappa shape index (κ3) is 3.74. The van der Waals surface area contributed by atoms with Gasteiger partial charge in [-0.05, 0) is 25.5 Å². The molecule has 8 nitrogen and oxygen atoms in total. The molecule has 172 valence electrons. The number of benzene rings is 1. The quantitative estimate of drug-likeness (QED) is 0.690. The number of nitrogens with zero attached hydrogens (tertiary/aromatic N) is 4. The van der Waals surface area contributed by atoms with Gasteiger partial charge >= 0.3 is 0 Å². The molecule has 5 rings (SSSR count). The fourth-order valence-electron chi connectivity index (χ4n) is 5.00. The number of hydrogen-bond donors (Lipinski definition) is 0. The summed E-state index contributed by atoms with van der Waals surface area (Å²) in [5.41, 5.74) is 1.98. The summed E-state index contributed by atoms with van der Waals surface area (Å²) in [5, 5.41) is 4.75. The first-order valence-electron chi connectivity index (χ1n) is 11.1. The number of amides is 1. The third-order valence-corrected chi connectivity index (χ3v) is 8.24. The van der Waals surface area contributed by atoms with Gasteiger partial charge in [0.15, 0.2) is 15.5 Å². The Bertz CT molecular complexity index is 1120. The second-order valence-corrected chi connectivity index (χ2v) is 10.5. The summed E-state index contributed by atoms with van der Waals surface area (Å²) in [6, 6.07) is 6.87. The number of rotatable bonds is 4. The lowest BCUT2D eigenvalue weighted by Crippen LogP contribution is -2.41. The highest BCUT2D eigenvalue weighted by Crippen LogP contribution is 2.41. The molecule has 0 spiro atoms. The van der Waals surface area contributed by atoms with Crippen LogP contribution in [0, 0.1) is 0 Å². The van der Waals surface area contributed by atoms with Crippen LogP contribution in [0.1, 0.15) is 34.9 Å². The average Bonchev–Trinajstić information content (AvgIpc) is 3.18. The molecule has 0 N–H and O–H groups in total. The Morgan fingerprint density at radius 3 is 2.75 bits per heavy atom. The maximum absolute atomic E-state index is 13.4. The number of aromatic nitrogens is 2. The summed E-state index contributed by atoms with van der Waals surface area (Å²) in [7, 11) is -3.59. The highest BCUT2D eigenvalue weighted by molar-refractivity contribution is 7.90. The molecule has 1 aromatic carbocycles. The predicted molar refractivity (Wildman–Crippen MR) is 116 cm³/mol. The SMILES string of the molecule is O=C(c1nn([C@H]2CCCN(CCF)C2)c2c1CS(=O)(=O)c1ccccc1-2)N1CCOCC1. The van der Waals surface area contributed by atoms with Crippen LogP contribution in [-0.2, 0) is 20.3 Å². The second-order valence-electron chi connectivity index (χ2n) is 8.57. The van der Waals surface area contributed by atoms with Crippen molar-refractivity contribution in [3.63, 3.8) is 0 Å². The van der Waals surface area contributed by atoms with Gasteiger partial charge in [0.2, 0.25) is 0 Å². The second kappa shape index (κ2) is 8.57. The number of hydrogen-bond acceptors (Lipinski definition) is 6. The molecule has 0 bridgehead atoms. The van der Waals surface area contributed by atoms with E-state index >= 15 is 0 Å². The Balaban J connectivity index is 1.64. The number of piperidine rings is 1. The van der Waals surface area contributed by atoms with Gasteiger partial charge in [-0.1, -0.05) is 18.2 Å². The topological polar surface area (TPSA) is 84.7 Å². The lowest BCUT2D eigenvalue weighted by molar-refractivity contribution is 0.0297. The molecule has 4 heterocycles. The van der Waals surface area contributed by atoms with Crippen molar-refractivity contribution in [2.45, 2.75) is 29.5 Å². The first-order valence-corrected chi connectivity index (χ1v) is 12.7. The standard InChI is InChI=1S/C22H27FN4O4S/c23-7-9-25-8-3-4-16(14-25)27-21-17-5-1-2-6-19(17)32(29,30)15-18(21)20(24-27)22(28)26-10-12-31-13-11-26/h1-2,5-6,16H,3-4,7-15H2/t16-/m0/s1. The smallest absolute Gasteiger partial charge is 0.274 e. The normalized spacial score (nSPS) is 22.9. The zero-order valence-electron chi connectivity index (χ0n) is 17.9. The summed E-state index contributed by atoms with van der Waals surface area (Å²) in [6.45, 7) is 3.23. The van der Waals surface area contributed by atoms with Crippen LogP contribution in [-0.4, -0.2) is 86.5 Å². The number of carbonyl (C=O) groups is 1. The number of fused-ring (bicyclic) bond motifs is 3. The first kappa shape index (κ1) is 21.5. The van der Waals surface area contributed by atoms with Gasteiger partial charge in [-0.15, -0.1) is 0 Å². The summed E-state index contributed by atoms with van der Waals surface area (Å²) in [4.78, 5) is 17.4. The van der Waals surface area contributed by atoms with E-state index in [9.17, 15) is 17.6 Å². The molecular formula is C22H27FN4O4S. The highest BCUT2D eigenvalue weighted by atomic mass is 32.2. The Morgan fingerprint density at radius 2 is 1.97 bits per heavy atom. The van der Waals surface area contributed by atoms with Crippen molar-refractivity contribution in [3.8, 4) is 11.3 Å². The van der Waals surface area contributed by atoms with Crippen LogP contribution in [0.4, 0.5) is 4.39 Å². The first-order chi connectivity index (χ1) is 15.5. The van der Waals surface area contributed by atoms with Crippen LogP contribution in [0.2, 0.25) is 0 Å². The van der Waals surface area contributed by atoms with E-state index in [1.165, 1.54) is 0 Å². The molecule has 2 fully saturated rings. The number of likely N-dealkylation sites (tertiary alicyclic amines) is 1. The molecule has 0 unspecified atom stereocenters. The molecule has 10 heteroatoms. The maximum atomic E-state index is 13.4. The van der Waals surface area contributed by atoms with E-state index in [4.69, 9.17) is 9.84 Å². The van der Waals surface area contributed by atoms with Gasteiger partial charge < -0.3 is 9.64 Å². The Hall–Kier alpha value is -2.30. The number of sulfone groups is 1. The molecule has 2 aromatic rings. The van der Waals surface area contributed by atoms with Crippen LogP contribution in [0.15, 0.2) is 29.2 Å². The van der Waals surface area contributed by atoms with Crippen LogP contribution >= 0.6 is 0 Å². The molecule has 2 saturated heterocycles. The Kier molecular flexibility index (Phi) is 5.77. The van der Waals surface area contributed by atoms with E-state index in [1.54, 1.807) is 29.2 Å². The number of alkyl halides is 1. The van der Waals surface area contributed by atoms with E-state index in [-0.39, 0.29) is 28.3 Å². The van der Waals surface area contributed by atoms with Gasteiger partial charge in [-0.25, -0.2) is 12.8 Å². The van der Waals surface area contributed by atoms with Crippen LogP contribution in [0.25, 0.3) is 11.3 Å². The molecule has 1 aromatic heterocycles. The zero-order chi connectivity index (χ0) is 22.3. The van der Waals surface area contributed by atoms with Gasteiger partial charge in [0, 0.05) is 37.3 Å². The molecular weight excluding hydrogens is 435 g/mol. The monoisotopic (exact) mass is 462 g/mol. The molecule has 0 aliphatic carbocycles. The van der Waals surface area contributed by atoms with E-state index in [0.717, 1.165) is 19.4 Å². The third-order valence-electron chi connectivity index (χ3n) is 6.55. The largest absolute Gasteiger partial charge is 0.378 e. The minimum atomic E-state index is -3.59. The van der Waals surface area contributed by atoms with Gasteiger partial charge in [0.25, 0.3) is 5.91 Å². The van der Waals surface area contributed by atoms with Gasteiger partial charge in [-0.2, -0.15) is 5.10 Å². The van der Waals surface area contributed by atoms with E-state index in [0.29, 0.717) is 56.2 Å². The molecule has 3 aliphatic rings. The molecule has 0 saturated carbocycles. The fraction of sp³-hybridized carbons (Fsp3) is 0.545. The molecule has 3 aliphatic heterocycles. The maximum Gasteiger partial charge on any atom is 0.274 e. The Labute approximate surface area is 186 Å². The summed E-state index contributed by atoms with van der Waals surface area (Å²) < 4.78 is 46.4. The van der Waals surface area contributed by atoms with Crippen molar-refractivity contribution in [3.05, 3.63) is 35.5 Å². The molecule has 1 amide bonds. The summed E-state index contributed by atoms with van der Waals surface area (Å²) in [5.74, 6) is -0.500. The van der Waals surface area contributed by atoms with E-state index < -0.39 is 16.5 Å². The van der Waals surface area contributed by atoms with Crippen LogP contribution in [0.5, 0.6) is 0 Å². The molecule has 1 atom stereocenters. The average molecular weight is 463 g/mol. The van der Waals surface area contributed by atoms with Crippen molar-refractivity contribution < 1.29 is 22.3 Å². The number of ether oxygens (including phenoxy) is 1. The molecule has 0 radical (unpaired) electrons. The highest BCUT2D eigenvalue weighted by Gasteiger charge is 2.38. The Morgan fingerprint density at radius 1 is 1.19 bits per heavy atom. The van der Waals surface area contributed by atoms with Crippen molar-refractivity contribution in [1.29, 1.82) is 0 Å². The minimum Gasteiger partial charge on any atom is -0.378 e. The van der Waals surface area contributed by atoms with Gasteiger partial charge in [-0.3, -0.25) is 14.4 Å². The van der Waals surface area contributed by atoms with Crippen LogP contribution < -0.4 is 0 Å². The number of morpholine rings is 1. The lowest BCUT2D eigenvalue weighted by atomic mass is 10.0. The van der Waals surface area contributed by atoms with Crippen molar-refractivity contribution >= 4 is 15.7 Å². The van der Waals surface area contributed by atoms with Crippen molar-refractivity contribution in [1.82, 2.24) is 19.6 Å². The fourth-order valence-corrected chi connectivity index (χ4v) is 6.59. The summed E-state index contributed by atoms with van der Waals surface area (Å²) >= 11 is 0. The van der Waals surface area contributed by atoms with E-state index in [2.05, 4.69) is 4.90 Å². The lowest BCUT2D eigenvalue weighted by Gasteiger charge is -2.33. The number of halogens is 1. The minimum absolute atomic E-state index is 0.0517. The number of carbonyl (C=O) groups excluding carboxylic acids is 1. The van der Waals surface area contributed by atoms with Gasteiger partial charge in [0.1, 0.15) is 6.67 Å². The predicted octanol–water partition coefficient (Wildman–Crippen LogP) is 1.92. The van der Waals surface area contributed by atoms with Crippen molar-refractivity contribution in [2.24, 2.45) is 0 Å². The van der Waals surface area contributed by atoms with Gasteiger partial charge in [0.05, 0.1) is 35.6 Å². The summed E-state index contributed by atoms with van der Waals surface area (Å²) in [6.07, 6.45) is 1.74. The zero-order valence-corrected chi connectivity index (χ0v) is 18.7.